The number of ether oxygens (including phenoxy) is 2. The minimum Gasteiger partial charge on any atom is -0.497 e. The highest BCUT2D eigenvalue weighted by molar-refractivity contribution is 5.78. The summed E-state index contributed by atoms with van der Waals surface area (Å²) in [7, 11) is 3.30. The number of nitrogens with zero attached hydrogens (tertiary/aromatic N) is 2. The minimum atomic E-state index is -0.221. The molecule has 0 radical (unpaired) electrons. The van der Waals surface area contributed by atoms with Crippen molar-refractivity contribution < 1.29 is 18.7 Å². The lowest BCUT2D eigenvalue weighted by Gasteiger charge is -2.33. The van der Waals surface area contributed by atoms with Crippen LogP contribution in [0.15, 0.2) is 42.5 Å². The Labute approximate surface area is 197 Å². The predicted octanol–water partition coefficient (Wildman–Crippen LogP) is 4.95. The van der Waals surface area contributed by atoms with Gasteiger partial charge in [0.05, 0.1) is 14.2 Å². The second kappa shape index (κ2) is 11.0. The SMILES string of the molecule is COc1cc(CN2CC(CN(C(=O)C(C)C)C(C)C)C(c3cccc(F)c3)C2)cc(OC)c1. The highest BCUT2D eigenvalue weighted by atomic mass is 19.1. The molecule has 1 amide bonds. The average molecular weight is 457 g/mol. The van der Waals surface area contributed by atoms with E-state index in [1.165, 1.54) is 6.07 Å². The van der Waals surface area contributed by atoms with Crippen LogP contribution in [-0.4, -0.2) is 55.6 Å². The molecule has 6 heteroatoms. The molecule has 2 unspecified atom stereocenters. The Morgan fingerprint density at radius 3 is 2.27 bits per heavy atom. The maximum Gasteiger partial charge on any atom is 0.225 e. The molecule has 1 fully saturated rings. The van der Waals surface area contributed by atoms with Crippen LogP contribution in [0.4, 0.5) is 4.39 Å². The largest absolute Gasteiger partial charge is 0.497 e. The molecule has 0 aliphatic carbocycles. The number of amides is 1. The Morgan fingerprint density at radius 1 is 1.06 bits per heavy atom. The predicted molar refractivity (Wildman–Crippen MR) is 129 cm³/mol. The molecule has 1 aliphatic heterocycles. The third kappa shape index (κ3) is 6.26. The van der Waals surface area contributed by atoms with Crippen LogP contribution in [0, 0.1) is 17.7 Å². The fourth-order valence-electron chi connectivity index (χ4n) is 4.74. The molecule has 1 heterocycles. The summed E-state index contributed by atoms with van der Waals surface area (Å²) < 4.78 is 24.9. The van der Waals surface area contributed by atoms with Gasteiger partial charge in [-0.15, -0.1) is 0 Å². The van der Waals surface area contributed by atoms with Crippen molar-refractivity contribution in [2.24, 2.45) is 11.8 Å². The van der Waals surface area contributed by atoms with Crippen molar-refractivity contribution in [1.82, 2.24) is 9.80 Å². The van der Waals surface area contributed by atoms with Crippen molar-refractivity contribution in [2.45, 2.75) is 46.2 Å². The second-order valence-electron chi connectivity index (χ2n) is 9.58. The van der Waals surface area contributed by atoms with Gasteiger partial charge >= 0.3 is 0 Å². The molecule has 5 nitrogen and oxygen atoms in total. The quantitative estimate of drug-likeness (QED) is 0.535. The van der Waals surface area contributed by atoms with Crippen molar-refractivity contribution in [3.05, 3.63) is 59.4 Å². The first-order valence-corrected chi connectivity index (χ1v) is 11.7. The Balaban J connectivity index is 1.86. The molecule has 33 heavy (non-hydrogen) atoms. The van der Waals surface area contributed by atoms with Crippen LogP contribution in [0.3, 0.4) is 0 Å². The molecule has 2 atom stereocenters. The highest BCUT2D eigenvalue weighted by Crippen LogP contribution is 2.35. The van der Waals surface area contributed by atoms with E-state index in [1.54, 1.807) is 26.4 Å². The number of rotatable bonds is 9. The lowest BCUT2D eigenvalue weighted by atomic mass is 9.88. The van der Waals surface area contributed by atoms with Crippen LogP contribution in [0.25, 0.3) is 0 Å². The molecule has 1 saturated heterocycles. The molecule has 0 bridgehead atoms. The maximum atomic E-state index is 14.1. The Hall–Kier alpha value is -2.60. The van der Waals surface area contributed by atoms with Gasteiger partial charge in [0, 0.05) is 50.1 Å². The van der Waals surface area contributed by atoms with Gasteiger partial charge in [-0.05, 0) is 55.2 Å². The maximum absolute atomic E-state index is 14.1. The lowest BCUT2D eigenvalue weighted by Crippen LogP contribution is -2.43. The topological polar surface area (TPSA) is 42.0 Å². The molecule has 0 N–H and O–H groups in total. The number of hydrogen-bond donors (Lipinski definition) is 0. The number of likely N-dealkylation sites (tertiary alicyclic amines) is 1. The van der Waals surface area contributed by atoms with E-state index in [9.17, 15) is 9.18 Å². The summed E-state index contributed by atoms with van der Waals surface area (Å²) in [6, 6.07) is 12.9. The van der Waals surface area contributed by atoms with Crippen LogP contribution in [-0.2, 0) is 11.3 Å². The van der Waals surface area contributed by atoms with Gasteiger partial charge in [0.1, 0.15) is 17.3 Å². The molecule has 180 valence electrons. The summed E-state index contributed by atoms with van der Waals surface area (Å²) in [6.07, 6.45) is 0. The first-order chi connectivity index (χ1) is 15.7. The van der Waals surface area contributed by atoms with Gasteiger partial charge < -0.3 is 14.4 Å². The van der Waals surface area contributed by atoms with Gasteiger partial charge in [0.2, 0.25) is 5.91 Å². The van der Waals surface area contributed by atoms with Crippen molar-refractivity contribution in [2.75, 3.05) is 33.9 Å². The fourth-order valence-corrected chi connectivity index (χ4v) is 4.74. The second-order valence-corrected chi connectivity index (χ2v) is 9.58. The van der Waals surface area contributed by atoms with E-state index < -0.39 is 0 Å². The van der Waals surface area contributed by atoms with E-state index in [-0.39, 0.29) is 35.5 Å². The van der Waals surface area contributed by atoms with Crippen LogP contribution in [0.2, 0.25) is 0 Å². The molecule has 0 spiro atoms. The van der Waals surface area contributed by atoms with Gasteiger partial charge in [0.25, 0.3) is 0 Å². The van der Waals surface area contributed by atoms with Crippen LogP contribution in [0.1, 0.15) is 44.7 Å². The minimum absolute atomic E-state index is 0.0539. The fraction of sp³-hybridized carbons (Fsp3) is 0.519. The van der Waals surface area contributed by atoms with Gasteiger partial charge in [-0.2, -0.15) is 0 Å². The van der Waals surface area contributed by atoms with Crippen molar-refractivity contribution in [3.8, 4) is 11.5 Å². The molecular weight excluding hydrogens is 419 g/mol. The summed E-state index contributed by atoms with van der Waals surface area (Å²) in [5.74, 6) is 1.77. The summed E-state index contributed by atoms with van der Waals surface area (Å²) in [4.78, 5) is 17.3. The first-order valence-electron chi connectivity index (χ1n) is 11.7. The Morgan fingerprint density at radius 2 is 1.73 bits per heavy atom. The third-order valence-corrected chi connectivity index (χ3v) is 6.44. The number of carbonyl (C=O) groups is 1. The zero-order valence-corrected chi connectivity index (χ0v) is 20.7. The molecule has 2 aromatic carbocycles. The first kappa shape index (κ1) is 25.0. The molecule has 2 aromatic rings. The summed E-state index contributed by atoms with van der Waals surface area (Å²) in [6.45, 7) is 11.0. The number of methoxy groups -OCH3 is 2. The van der Waals surface area contributed by atoms with Gasteiger partial charge in [-0.25, -0.2) is 4.39 Å². The number of hydrogen-bond acceptors (Lipinski definition) is 4. The summed E-state index contributed by atoms with van der Waals surface area (Å²) in [5, 5.41) is 0. The zero-order valence-electron chi connectivity index (χ0n) is 20.7. The van der Waals surface area contributed by atoms with E-state index in [2.05, 4.69) is 18.7 Å². The van der Waals surface area contributed by atoms with E-state index in [4.69, 9.17) is 9.47 Å². The third-order valence-electron chi connectivity index (χ3n) is 6.44. The Bertz CT molecular complexity index is 924. The standard InChI is InChI=1S/C27H37FN2O3/c1-18(2)27(31)30(19(3)4)16-22-15-29(17-26(22)21-8-7-9-23(28)12-21)14-20-10-24(32-5)13-25(11-20)33-6/h7-13,18-19,22,26H,14-17H2,1-6H3. The van der Waals surface area contributed by atoms with Crippen LogP contribution < -0.4 is 9.47 Å². The van der Waals surface area contributed by atoms with Gasteiger partial charge in [-0.3, -0.25) is 9.69 Å². The number of halogens is 1. The van der Waals surface area contributed by atoms with Gasteiger partial charge in [-0.1, -0.05) is 26.0 Å². The molecule has 1 aliphatic rings. The van der Waals surface area contributed by atoms with Crippen molar-refractivity contribution in [3.63, 3.8) is 0 Å². The molecule has 0 saturated carbocycles. The van der Waals surface area contributed by atoms with Gasteiger partial charge in [0.15, 0.2) is 0 Å². The van der Waals surface area contributed by atoms with E-state index in [1.807, 2.05) is 43.0 Å². The lowest BCUT2D eigenvalue weighted by molar-refractivity contribution is -0.136. The number of benzene rings is 2. The normalized spacial score (nSPS) is 18.7. The van der Waals surface area contributed by atoms with Crippen LogP contribution >= 0.6 is 0 Å². The average Bonchev–Trinajstić information content (AvgIpc) is 3.18. The van der Waals surface area contributed by atoms with E-state index in [0.29, 0.717) is 6.54 Å². The summed E-state index contributed by atoms with van der Waals surface area (Å²) in [5.41, 5.74) is 2.09. The van der Waals surface area contributed by atoms with E-state index >= 15 is 0 Å². The van der Waals surface area contributed by atoms with Crippen LogP contribution in [0.5, 0.6) is 11.5 Å². The van der Waals surface area contributed by atoms with Crippen molar-refractivity contribution >= 4 is 5.91 Å². The highest BCUT2D eigenvalue weighted by Gasteiger charge is 2.36. The zero-order chi connectivity index (χ0) is 24.1. The molecular formula is C27H37FN2O3. The summed E-state index contributed by atoms with van der Waals surface area (Å²) >= 11 is 0. The van der Waals surface area contributed by atoms with Crippen molar-refractivity contribution in [1.29, 1.82) is 0 Å². The molecule has 3 rings (SSSR count). The monoisotopic (exact) mass is 456 g/mol. The Kier molecular flexibility index (Phi) is 8.35. The van der Waals surface area contributed by atoms with E-state index in [0.717, 1.165) is 42.3 Å². The smallest absolute Gasteiger partial charge is 0.225 e. The number of carbonyl (C=O) groups excluding carboxylic acids is 1. The molecule has 0 aromatic heterocycles.